The van der Waals surface area contributed by atoms with Gasteiger partial charge < -0.3 is 9.84 Å². The highest BCUT2D eigenvalue weighted by atomic mass is 32.1. The number of ether oxygens (including phenoxy) is 1. The zero-order chi connectivity index (χ0) is 20.9. The first kappa shape index (κ1) is 22.4. The van der Waals surface area contributed by atoms with E-state index in [1.165, 1.54) is 21.0 Å². The Kier molecular flexibility index (Phi) is 7.62. The van der Waals surface area contributed by atoms with Crippen LogP contribution in [-0.4, -0.2) is 51.7 Å². The molecule has 1 unspecified atom stereocenters. The van der Waals surface area contributed by atoms with Gasteiger partial charge in [0.25, 0.3) is 0 Å². The Morgan fingerprint density at radius 2 is 2.11 bits per heavy atom. The summed E-state index contributed by atoms with van der Waals surface area (Å²) in [6, 6.07) is 4.44. The SMILES string of the molecule is CCOCC1CN(Cc2ccc(C)s2)Cc2nn(C)cc21.O=C(O)C(F)(F)F. The average molecular weight is 419 g/mol. The van der Waals surface area contributed by atoms with Crippen LogP contribution in [0.15, 0.2) is 18.3 Å². The largest absolute Gasteiger partial charge is 0.490 e. The topological polar surface area (TPSA) is 67.6 Å². The number of nitrogens with zero attached hydrogens (tertiary/aromatic N) is 3. The van der Waals surface area contributed by atoms with Gasteiger partial charge in [0.15, 0.2) is 0 Å². The van der Waals surface area contributed by atoms with Crippen molar-refractivity contribution in [2.45, 2.75) is 39.0 Å². The molecule has 0 amide bonds. The van der Waals surface area contributed by atoms with Crippen molar-refractivity contribution in [2.75, 3.05) is 19.8 Å². The summed E-state index contributed by atoms with van der Waals surface area (Å²) >= 11 is 1.89. The molecule has 10 heteroatoms. The molecule has 0 spiro atoms. The summed E-state index contributed by atoms with van der Waals surface area (Å²) in [6.45, 7) is 8.78. The minimum absolute atomic E-state index is 0.434. The van der Waals surface area contributed by atoms with E-state index in [4.69, 9.17) is 14.6 Å². The van der Waals surface area contributed by atoms with Crippen LogP contribution in [0.4, 0.5) is 13.2 Å². The number of aromatic nitrogens is 2. The van der Waals surface area contributed by atoms with Crippen LogP contribution in [-0.2, 0) is 29.7 Å². The number of fused-ring (bicyclic) bond motifs is 1. The molecule has 0 saturated heterocycles. The van der Waals surface area contributed by atoms with Gasteiger partial charge in [-0.3, -0.25) is 9.58 Å². The van der Waals surface area contributed by atoms with Gasteiger partial charge in [-0.15, -0.1) is 11.3 Å². The quantitative estimate of drug-likeness (QED) is 0.803. The molecule has 28 heavy (non-hydrogen) atoms. The lowest BCUT2D eigenvalue weighted by atomic mass is 9.95. The maximum Gasteiger partial charge on any atom is 0.490 e. The lowest BCUT2D eigenvalue weighted by molar-refractivity contribution is -0.192. The fraction of sp³-hybridized carbons (Fsp3) is 0.556. The van der Waals surface area contributed by atoms with Gasteiger partial charge in [-0.05, 0) is 26.0 Å². The van der Waals surface area contributed by atoms with Crippen LogP contribution in [0.2, 0.25) is 0 Å². The smallest absolute Gasteiger partial charge is 0.475 e. The van der Waals surface area contributed by atoms with Crippen molar-refractivity contribution in [2.24, 2.45) is 7.05 Å². The number of thiophene rings is 1. The van der Waals surface area contributed by atoms with Gasteiger partial charge in [0.1, 0.15) is 0 Å². The number of hydrogen-bond acceptors (Lipinski definition) is 5. The molecule has 3 heterocycles. The molecule has 1 aliphatic heterocycles. The molecule has 6 nitrogen and oxygen atoms in total. The molecule has 2 aromatic rings. The standard InChI is InChI=1S/C16H23N3OS.C2HF3O2/c1-4-20-11-13-7-19(8-14-6-5-12(2)21-14)10-16-15(13)9-18(3)17-16;3-2(4,5)1(6)7/h5-6,9,13H,4,7-8,10-11H2,1-3H3;(H,6,7). The van der Waals surface area contributed by atoms with Gasteiger partial charge in [0.05, 0.1) is 12.3 Å². The Morgan fingerprint density at radius 3 is 2.64 bits per heavy atom. The lowest BCUT2D eigenvalue weighted by Gasteiger charge is -2.31. The third kappa shape index (κ3) is 6.32. The van der Waals surface area contributed by atoms with Crippen molar-refractivity contribution in [1.29, 1.82) is 0 Å². The first-order valence-corrected chi connectivity index (χ1v) is 9.59. The van der Waals surface area contributed by atoms with Gasteiger partial charge in [-0.1, -0.05) is 0 Å². The van der Waals surface area contributed by atoms with Crippen molar-refractivity contribution in [1.82, 2.24) is 14.7 Å². The summed E-state index contributed by atoms with van der Waals surface area (Å²) in [7, 11) is 2.00. The summed E-state index contributed by atoms with van der Waals surface area (Å²) in [5.41, 5.74) is 2.58. The maximum absolute atomic E-state index is 10.6. The van der Waals surface area contributed by atoms with E-state index in [1.807, 2.05) is 23.1 Å². The zero-order valence-electron chi connectivity index (χ0n) is 16.0. The minimum Gasteiger partial charge on any atom is -0.475 e. The summed E-state index contributed by atoms with van der Waals surface area (Å²) in [5, 5.41) is 11.8. The van der Waals surface area contributed by atoms with Crippen LogP contribution in [0.5, 0.6) is 0 Å². The van der Waals surface area contributed by atoms with E-state index in [-0.39, 0.29) is 0 Å². The van der Waals surface area contributed by atoms with Crippen LogP contribution in [0.25, 0.3) is 0 Å². The van der Waals surface area contributed by atoms with Gasteiger partial charge in [0.2, 0.25) is 0 Å². The highest BCUT2D eigenvalue weighted by molar-refractivity contribution is 7.11. The number of carbonyl (C=O) groups is 1. The molecule has 0 aromatic carbocycles. The van der Waals surface area contributed by atoms with Gasteiger partial charge in [-0.25, -0.2) is 4.79 Å². The molecule has 2 aromatic heterocycles. The monoisotopic (exact) mass is 419 g/mol. The Bertz CT molecular complexity index is 789. The third-order valence-corrected chi connectivity index (χ3v) is 5.16. The number of hydrogen-bond donors (Lipinski definition) is 1. The van der Waals surface area contributed by atoms with E-state index in [1.54, 1.807) is 0 Å². The van der Waals surface area contributed by atoms with Crippen molar-refractivity contribution < 1.29 is 27.8 Å². The predicted molar refractivity (Wildman–Crippen MR) is 99.3 cm³/mol. The number of carboxylic acids is 1. The van der Waals surface area contributed by atoms with Crippen LogP contribution in [0.3, 0.4) is 0 Å². The van der Waals surface area contributed by atoms with Gasteiger partial charge >= 0.3 is 12.1 Å². The highest BCUT2D eigenvalue weighted by Crippen LogP contribution is 2.29. The third-order valence-electron chi connectivity index (χ3n) is 4.17. The van der Waals surface area contributed by atoms with Gasteiger partial charge in [0, 0.05) is 60.7 Å². The second-order valence-corrected chi connectivity index (χ2v) is 7.92. The second-order valence-electron chi connectivity index (χ2n) is 6.55. The van der Waals surface area contributed by atoms with E-state index in [0.29, 0.717) is 5.92 Å². The molecular weight excluding hydrogens is 395 g/mol. The maximum atomic E-state index is 10.6. The Hall–Kier alpha value is -1.91. The Labute approximate surface area is 165 Å². The van der Waals surface area contributed by atoms with Gasteiger partial charge in [-0.2, -0.15) is 18.3 Å². The summed E-state index contributed by atoms with van der Waals surface area (Å²) in [4.78, 5) is 14.2. The van der Waals surface area contributed by atoms with Crippen LogP contribution in [0, 0.1) is 6.92 Å². The van der Waals surface area contributed by atoms with Crippen molar-refractivity contribution in [3.05, 3.63) is 39.3 Å². The molecular formula is C18H24F3N3O3S. The molecule has 0 radical (unpaired) electrons. The number of rotatable bonds is 5. The minimum atomic E-state index is -5.08. The van der Waals surface area contributed by atoms with Crippen molar-refractivity contribution >= 4 is 17.3 Å². The number of alkyl halides is 3. The van der Waals surface area contributed by atoms with Crippen molar-refractivity contribution in [3.63, 3.8) is 0 Å². The van der Waals surface area contributed by atoms with E-state index in [9.17, 15) is 13.2 Å². The number of aliphatic carboxylic acids is 1. The number of halogens is 3. The average Bonchev–Trinajstić information content (AvgIpc) is 3.17. The fourth-order valence-electron chi connectivity index (χ4n) is 3.02. The number of carboxylic acid groups (broad SMARTS) is 1. The van der Waals surface area contributed by atoms with Crippen LogP contribution >= 0.6 is 11.3 Å². The second kappa shape index (κ2) is 9.53. The molecule has 3 rings (SSSR count). The highest BCUT2D eigenvalue weighted by Gasteiger charge is 2.38. The first-order chi connectivity index (χ1) is 13.1. The molecule has 0 aliphatic carbocycles. The predicted octanol–water partition coefficient (Wildman–Crippen LogP) is 3.56. The normalized spacial score (nSPS) is 17.0. The Morgan fingerprint density at radius 1 is 1.43 bits per heavy atom. The lowest BCUT2D eigenvalue weighted by Crippen LogP contribution is -2.34. The molecule has 1 aliphatic rings. The van der Waals surface area contributed by atoms with E-state index >= 15 is 0 Å². The van der Waals surface area contributed by atoms with Crippen LogP contribution in [0.1, 0.15) is 33.9 Å². The molecule has 156 valence electrons. The first-order valence-electron chi connectivity index (χ1n) is 8.78. The Balaban J connectivity index is 0.000000345. The molecule has 0 fully saturated rings. The molecule has 1 atom stereocenters. The zero-order valence-corrected chi connectivity index (χ0v) is 16.8. The molecule has 1 N–H and O–H groups in total. The fourth-order valence-corrected chi connectivity index (χ4v) is 3.95. The van der Waals surface area contributed by atoms with Crippen molar-refractivity contribution in [3.8, 4) is 0 Å². The van der Waals surface area contributed by atoms with Crippen LogP contribution < -0.4 is 0 Å². The molecule has 0 bridgehead atoms. The molecule has 0 saturated carbocycles. The summed E-state index contributed by atoms with van der Waals surface area (Å²) in [5.74, 6) is -2.32. The summed E-state index contributed by atoms with van der Waals surface area (Å²) in [6.07, 6.45) is -2.92. The summed E-state index contributed by atoms with van der Waals surface area (Å²) < 4.78 is 39.3. The van der Waals surface area contributed by atoms with E-state index < -0.39 is 12.1 Å². The van der Waals surface area contributed by atoms with E-state index in [2.05, 4.69) is 42.2 Å². The van der Waals surface area contributed by atoms with E-state index in [0.717, 1.165) is 32.8 Å². The number of aryl methyl sites for hydroxylation is 2.